The van der Waals surface area contributed by atoms with Gasteiger partial charge in [-0.25, -0.2) is 19.2 Å². The fourth-order valence-corrected chi connectivity index (χ4v) is 4.75. The van der Waals surface area contributed by atoms with Gasteiger partial charge in [-0.2, -0.15) is 0 Å². The number of likely N-dealkylation sites (N-methyl/N-ethyl adjacent to an activating group) is 1. The van der Waals surface area contributed by atoms with Crippen LogP contribution in [0.2, 0.25) is 5.15 Å². The second kappa shape index (κ2) is 11.1. The van der Waals surface area contributed by atoms with Gasteiger partial charge in [0.1, 0.15) is 29.0 Å². The van der Waals surface area contributed by atoms with Crippen LogP contribution in [0.3, 0.4) is 0 Å². The molecular weight excluding hydrogens is 537 g/mol. The Morgan fingerprint density at radius 3 is 2.70 bits per heavy atom. The lowest BCUT2D eigenvalue weighted by Crippen LogP contribution is -2.22. The molecule has 4 aromatic heterocycles. The maximum absolute atomic E-state index is 14.9. The lowest BCUT2D eigenvalue weighted by Gasteiger charge is -2.15. The summed E-state index contributed by atoms with van der Waals surface area (Å²) in [6.07, 6.45) is 1.49. The summed E-state index contributed by atoms with van der Waals surface area (Å²) < 4.78 is 27.4. The van der Waals surface area contributed by atoms with Gasteiger partial charge in [0.05, 0.1) is 41.5 Å². The zero-order valence-corrected chi connectivity index (χ0v) is 23.2. The first-order chi connectivity index (χ1) is 19.2. The highest BCUT2D eigenvalue weighted by Crippen LogP contribution is 2.35. The molecule has 0 saturated carbocycles. The number of nitrogens with one attached hydrogen (secondary N) is 1. The second-order valence-electron chi connectivity index (χ2n) is 9.58. The minimum Gasteiger partial charge on any atom is -0.497 e. The number of carbonyl (C=O) groups is 1. The van der Waals surface area contributed by atoms with Gasteiger partial charge >= 0.3 is 5.97 Å². The van der Waals surface area contributed by atoms with Gasteiger partial charge in [0.15, 0.2) is 0 Å². The zero-order valence-electron chi connectivity index (χ0n) is 22.4. The molecule has 0 aliphatic rings. The Morgan fingerprint density at radius 2 is 1.98 bits per heavy atom. The number of esters is 1. The van der Waals surface area contributed by atoms with E-state index in [1.165, 1.54) is 19.2 Å². The Hall–Kier alpha value is -4.28. The van der Waals surface area contributed by atoms with Crippen LogP contribution in [0, 0.1) is 12.7 Å². The van der Waals surface area contributed by atoms with Crippen LogP contribution in [0.1, 0.15) is 21.7 Å². The highest BCUT2D eigenvalue weighted by atomic mass is 35.5. The van der Waals surface area contributed by atoms with Crippen LogP contribution in [-0.2, 0) is 11.3 Å². The van der Waals surface area contributed by atoms with Crippen molar-refractivity contribution in [2.75, 3.05) is 34.4 Å². The number of hydrogen-bond donors (Lipinski definition) is 1. The molecule has 1 N–H and O–H groups in total. The fraction of sp³-hybridized carbons (Fsp3) is 0.241. The maximum atomic E-state index is 14.9. The largest absolute Gasteiger partial charge is 0.497 e. The number of ether oxygens (including phenoxy) is 2. The van der Waals surface area contributed by atoms with Crippen LogP contribution in [0.5, 0.6) is 5.75 Å². The second-order valence-corrected chi connectivity index (χ2v) is 9.94. The molecule has 0 unspecified atom stereocenters. The average Bonchev–Trinajstić information content (AvgIpc) is 3.21. The van der Waals surface area contributed by atoms with E-state index in [9.17, 15) is 14.0 Å². The van der Waals surface area contributed by atoms with E-state index in [4.69, 9.17) is 21.1 Å². The summed E-state index contributed by atoms with van der Waals surface area (Å²) in [5.74, 6) is -0.592. The minimum atomic E-state index is -0.675. The number of H-pyrrole nitrogens is 1. The quantitative estimate of drug-likeness (QED) is 0.213. The van der Waals surface area contributed by atoms with Crippen LogP contribution in [0.4, 0.5) is 4.39 Å². The molecule has 0 amide bonds. The van der Waals surface area contributed by atoms with E-state index in [2.05, 4.69) is 15.0 Å². The third-order valence-electron chi connectivity index (χ3n) is 6.60. The van der Waals surface area contributed by atoms with Crippen LogP contribution in [0.15, 0.2) is 53.5 Å². The van der Waals surface area contributed by atoms with Gasteiger partial charge in [0.2, 0.25) is 0 Å². The van der Waals surface area contributed by atoms with Crippen molar-refractivity contribution in [1.82, 2.24) is 24.4 Å². The lowest BCUT2D eigenvalue weighted by molar-refractivity contribution is 0.0471. The van der Waals surface area contributed by atoms with Crippen LogP contribution < -0.4 is 10.3 Å². The van der Waals surface area contributed by atoms with Crippen molar-refractivity contribution in [3.63, 3.8) is 0 Å². The predicted molar refractivity (Wildman–Crippen MR) is 152 cm³/mol. The third kappa shape index (κ3) is 5.15. The fourth-order valence-electron chi connectivity index (χ4n) is 4.54. The highest BCUT2D eigenvalue weighted by Gasteiger charge is 2.29. The van der Waals surface area contributed by atoms with Crippen molar-refractivity contribution in [2.24, 2.45) is 0 Å². The summed E-state index contributed by atoms with van der Waals surface area (Å²) >= 11 is 6.62. The first kappa shape index (κ1) is 27.3. The Balaban J connectivity index is 1.76. The molecule has 1 aromatic carbocycles. The van der Waals surface area contributed by atoms with E-state index in [1.807, 2.05) is 37.2 Å². The molecule has 5 aromatic rings. The number of aromatic nitrogens is 4. The van der Waals surface area contributed by atoms with Crippen molar-refractivity contribution >= 4 is 39.5 Å². The number of fused-ring (bicyclic) bond motifs is 2. The first-order valence-electron chi connectivity index (χ1n) is 12.5. The van der Waals surface area contributed by atoms with Crippen molar-refractivity contribution in [3.05, 3.63) is 86.9 Å². The monoisotopic (exact) mass is 563 g/mol. The molecule has 9 nitrogen and oxygen atoms in total. The first-order valence-corrected chi connectivity index (χ1v) is 12.9. The Kier molecular flexibility index (Phi) is 7.55. The van der Waals surface area contributed by atoms with Gasteiger partial charge in [-0.1, -0.05) is 11.6 Å². The molecule has 0 saturated heterocycles. The molecule has 0 aliphatic heterocycles. The number of carbonyl (C=O) groups excluding carboxylic acids is 1. The lowest BCUT2D eigenvalue weighted by atomic mass is 10.1. The molecule has 206 valence electrons. The summed E-state index contributed by atoms with van der Waals surface area (Å²) in [5.41, 5.74) is 2.05. The Morgan fingerprint density at radius 1 is 1.18 bits per heavy atom. The van der Waals surface area contributed by atoms with Crippen molar-refractivity contribution in [1.29, 1.82) is 0 Å². The molecule has 40 heavy (non-hydrogen) atoms. The molecule has 11 heteroatoms. The van der Waals surface area contributed by atoms with Gasteiger partial charge < -0.3 is 23.9 Å². The number of benzene rings is 1. The highest BCUT2D eigenvalue weighted by molar-refractivity contribution is 6.30. The number of hydrogen-bond acceptors (Lipinski definition) is 7. The van der Waals surface area contributed by atoms with Crippen LogP contribution >= 0.6 is 11.6 Å². The van der Waals surface area contributed by atoms with Gasteiger partial charge in [-0.15, -0.1) is 0 Å². The topological polar surface area (TPSA) is 102 Å². The summed E-state index contributed by atoms with van der Waals surface area (Å²) in [6.45, 7) is 2.16. The van der Waals surface area contributed by atoms with Gasteiger partial charge in [0, 0.05) is 41.4 Å². The van der Waals surface area contributed by atoms with Gasteiger partial charge in [0.25, 0.3) is 5.56 Å². The average molecular weight is 564 g/mol. The molecule has 0 spiro atoms. The number of methoxy groups -OCH3 is 1. The van der Waals surface area contributed by atoms with Crippen molar-refractivity contribution in [2.45, 2.75) is 13.5 Å². The summed E-state index contributed by atoms with van der Waals surface area (Å²) in [4.78, 5) is 40.2. The van der Waals surface area contributed by atoms with Gasteiger partial charge in [-0.05, 0) is 51.4 Å². The minimum absolute atomic E-state index is 0.0390. The summed E-state index contributed by atoms with van der Waals surface area (Å²) in [6, 6.07) is 11.8. The zero-order chi connectivity index (χ0) is 28.6. The van der Waals surface area contributed by atoms with E-state index in [0.29, 0.717) is 34.4 Å². The van der Waals surface area contributed by atoms with E-state index in [1.54, 1.807) is 29.9 Å². The molecule has 4 heterocycles. The molecule has 5 rings (SSSR count). The van der Waals surface area contributed by atoms with E-state index < -0.39 is 17.3 Å². The van der Waals surface area contributed by atoms with Gasteiger partial charge in [-0.3, -0.25) is 4.79 Å². The van der Waals surface area contributed by atoms with E-state index in [-0.39, 0.29) is 40.8 Å². The number of nitrogens with zero attached hydrogens (tertiary/aromatic N) is 4. The Labute approximate surface area is 234 Å². The number of halogens is 2. The molecule has 0 radical (unpaired) electrons. The summed E-state index contributed by atoms with van der Waals surface area (Å²) in [7, 11) is 5.29. The molecule has 0 atom stereocenters. The SMILES string of the molecule is COc1ccc2cc(Cn3c(C(=O)OCCN(C)C)c(-c4ccc[nH]c4=O)c4nc(C)c(F)cc43)c(Cl)nc2c1. The Bertz CT molecular complexity index is 1810. The van der Waals surface area contributed by atoms with Crippen LogP contribution in [-0.4, -0.2) is 64.7 Å². The number of aromatic amines is 1. The van der Waals surface area contributed by atoms with E-state index >= 15 is 0 Å². The predicted octanol–water partition coefficient (Wildman–Crippen LogP) is 4.82. The van der Waals surface area contributed by atoms with Crippen molar-refractivity contribution in [3.8, 4) is 16.9 Å². The summed E-state index contributed by atoms with van der Waals surface area (Å²) in [5, 5.41) is 1.00. The maximum Gasteiger partial charge on any atom is 0.355 e. The molecule has 0 bridgehead atoms. The van der Waals surface area contributed by atoms with E-state index in [0.717, 1.165) is 5.39 Å². The van der Waals surface area contributed by atoms with Crippen LogP contribution in [0.25, 0.3) is 33.1 Å². The van der Waals surface area contributed by atoms with Crippen molar-refractivity contribution < 1.29 is 18.7 Å². The molecule has 0 aliphatic carbocycles. The number of pyridine rings is 3. The third-order valence-corrected chi connectivity index (χ3v) is 6.92. The number of rotatable bonds is 8. The smallest absolute Gasteiger partial charge is 0.355 e. The standard InChI is InChI=1S/C29H27ClFN5O4/c1-16-21(31)14-23-25(33-16)24(20-6-5-9-32-28(20)37)26(29(38)40-11-10-35(2)3)36(23)15-18-12-17-7-8-19(39-4)13-22(17)34-27(18)30/h5-9,12-14H,10-11,15H2,1-4H3,(H,32,37). The molecular formula is C29H27ClFN5O4. The number of aryl methyl sites for hydroxylation is 1. The molecule has 0 fully saturated rings. The normalized spacial score (nSPS) is 11.5.